The number of aryl methyl sites for hydroxylation is 1. The standard InChI is InChI=1S/C23H19N3O/c1-15-9-8-14-24-22(15)26-23(27)20-16(2)21(17-10-4-3-5-11-17)25-19-13-7-6-12-18(19)20/h3-14H,1-2H3,(H,24,26,27). The predicted molar refractivity (Wildman–Crippen MR) is 109 cm³/mol. The summed E-state index contributed by atoms with van der Waals surface area (Å²) in [5.74, 6) is 0.397. The second-order valence-corrected chi connectivity index (χ2v) is 6.47. The van der Waals surface area contributed by atoms with Gasteiger partial charge in [0.25, 0.3) is 5.91 Å². The molecular formula is C23H19N3O. The summed E-state index contributed by atoms with van der Waals surface area (Å²) in [7, 11) is 0. The Kier molecular flexibility index (Phi) is 4.38. The molecule has 0 aliphatic carbocycles. The quantitative estimate of drug-likeness (QED) is 0.553. The Balaban J connectivity index is 1.89. The van der Waals surface area contributed by atoms with Crippen LogP contribution in [0, 0.1) is 13.8 Å². The normalized spacial score (nSPS) is 10.7. The molecule has 2 aromatic carbocycles. The van der Waals surface area contributed by atoms with Crippen molar-refractivity contribution in [2.75, 3.05) is 5.32 Å². The van der Waals surface area contributed by atoms with Crippen molar-refractivity contribution in [3.05, 3.63) is 89.6 Å². The van der Waals surface area contributed by atoms with Crippen LogP contribution in [0.2, 0.25) is 0 Å². The van der Waals surface area contributed by atoms with Crippen molar-refractivity contribution in [3.63, 3.8) is 0 Å². The Hall–Kier alpha value is -3.53. The van der Waals surface area contributed by atoms with Crippen LogP contribution in [-0.2, 0) is 0 Å². The lowest BCUT2D eigenvalue weighted by Gasteiger charge is -2.15. The van der Waals surface area contributed by atoms with Crippen molar-refractivity contribution in [1.82, 2.24) is 9.97 Å². The fourth-order valence-electron chi connectivity index (χ4n) is 3.26. The van der Waals surface area contributed by atoms with Crippen LogP contribution in [0.1, 0.15) is 21.5 Å². The third-order valence-electron chi connectivity index (χ3n) is 4.65. The smallest absolute Gasteiger partial charge is 0.257 e. The zero-order chi connectivity index (χ0) is 18.8. The van der Waals surface area contributed by atoms with Gasteiger partial charge in [0.2, 0.25) is 0 Å². The van der Waals surface area contributed by atoms with Crippen LogP contribution < -0.4 is 5.32 Å². The molecule has 27 heavy (non-hydrogen) atoms. The summed E-state index contributed by atoms with van der Waals surface area (Å²) < 4.78 is 0. The summed E-state index contributed by atoms with van der Waals surface area (Å²) in [4.78, 5) is 22.3. The Morgan fingerprint density at radius 1 is 0.889 bits per heavy atom. The maximum Gasteiger partial charge on any atom is 0.257 e. The molecule has 0 aliphatic heterocycles. The summed E-state index contributed by atoms with van der Waals surface area (Å²) in [6.45, 7) is 3.87. The van der Waals surface area contributed by atoms with Crippen molar-refractivity contribution in [2.24, 2.45) is 0 Å². The van der Waals surface area contributed by atoms with E-state index in [1.807, 2.05) is 80.6 Å². The Morgan fingerprint density at radius 3 is 2.41 bits per heavy atom. The molecule has 4 heteroatoms. The molecule has 0 bridgehead atoms. The number of benzene rings is 2. The lowest BCUT2D eigenvalue weighted by Crippen LogP contribution is -2.16. The molecule has 132 valence electrons. The number of para-hydroxylation sites is 1. The van der Waals surface area contributed by atoms with E-state index in [1.54, 1.807) is 6.20 Å². The maximum absolute atomic E-state index is 13.2. The molecular weight excluding hydrogens is 334 g/mol. The minimum atomic E-state index is -0.176. The van der Waals surface area contributed by atoms with Gasteiger partial charge in [-0.25, -0.2) is 9.97 Å². The lowest BCUT2D eigenvalue weighted by atomic mass is 9.97. The highest BCUT2D eigenvalue weighted by atomic mass is 16.1. The van der Waals surface area contributed by atoms with E-state index in [2.05, 4.69) is 10.3 Å². The first-order chi connectivity index (χ1) is 13.1. The van der Waals surface area contributed by atoms with Crippen molar-refractivity contribution in [3.8, 4) is 11.3 Å². The van der Waals surface area contributed by atoms with Crippen molar-refractivity contribution >= 4 is 22.6 Å². The number of pyridine rings is 2. The molecule has 4 aromatic rings. The fraction of sp³-hybridized carbons (Fsp3) is 0.0870. The Bertz CT molecular complexity index is 1140. The van der Waals surface area contributed by atoms with Crippen LogP contribution in [0.3, 0.4) is 0 Å². The average Bonchev–Trinajstić information content (AvgIpc) is 2.70. The molecule has 0 spiro atoms. The highest BCUT2D eigenvalue weighted by Crippen LogP contribution is 2.30. The van der Waals surface area contributed by atoms with Gasteiger partial charge in [-0.15, -0.1) is 0 Å². The largest absolute Gasteiger partial charge is 0.306 e. The summed E-state index contributed by atoms with van der Waals surface area (Å²) in [6.07, 6.45) is 1.68. The molecule has 1 N–H and O–H groups in total. The third kappa shape index (κ3) is 3.17. The number of nitrogens with zero attached hydrogens (tertiary/aromatic N) is 2. The fourth-order valence-corrected chi connectivity index (χ4v) is 3.26. The van der Waals surface area contributed by atoms with Gasteiger partial charge in [0.1, 0.15) is 5.82 Å². The Morgan fingerprint density at radius 2 is 1.63 bits per heavy atom. The molecule has 2 aromatic heterocycles. The second-order valence-electron chi connectivity index (χ2n) is 6.47. The Labute approximate surface area is 157 Å². The van der Waals surface area contributed by atoms with Crippen LogP contribution in [0.4, 0.5) is 5.82 Å². The van der Waals surface area contributed by atoms with E-state index in [9.17, 15) is 4.79 Å². The molecule has 0 unspecified atom stereocenters. The number of rotatable bonds is 3. The van der Waals surface area contributed by atoms with Gasteiger partial charge in [-0.3, -0.25) is 4.79 Å². The zero-order valence-electron chi connectivity index (χ0n) is 15.2. The average molecular weight is 353 g/mol. The van der Waals surface area contributed by atoms with Gasteiger partial charge in [-0.1, -0.05) is 54.6 Å². The molecule has 0 radical (unpaired) electrons. The molecule has 0 saturated carbocycles. The van der Waals surface area contributed by atoms with Crippen molar-refractivity contribution in [1.29, 1.82) is 0 Å². The van der Waals surface area contributed by atoms with Gasteiger partial charge in [-0.05, 0) is 37.1 Å². The van der Waals surface area contributed by atoms with Gasteiger partial charge < -0.3 is 5.32 Å². The van der Waals surface area contributed by atoms with E-state index in [0.29, 0.717) is 11.4 Å². The van der Waals surface area contributed by atoms with Gasteiger partial charge in [0.05, 0.1) is 16.8 Å². The van der Waals surface area contributed by atoms with Crippen LogP contribution in [0.5, 0.6) is 0 Å². The van der Waals surface area contributed by atoms with E-state index >= 15 is 0 Å². The number of amides is 1. The van der Waals surface area contributed by atoms with Crippen molar-refractivity contribution < 1.29 is 4.79 Å². The van der Waals surface area contributed by atoms with Crippen LogP contribution in [0.25, 0.3) is 22.2 Å². The minimum Gasteiger partial charge on any atom is -0.306 e. The van der Waals surface area contributed by atoms with Crippen LogP contribution >= 0.6 is 0 Å². The summed E-state index contributed by atoms with van der Waals surface area (Å²) >= 11 is 0. The first-order valence-electron chi connectivity index (χ1n) is 8.83. The number of hydrogen-bond donors (Lipinski definition) is 1. The minimum absolute atomic E-state index is 0.176. The molecule has 2 heterocycles. The van der Waals surface area contributed by atoms with E-state index in [4.69, 9.17) is 4.98 Å². The van der Waals surface area contributed by atoms with Crippen LogP contribution in [-0.4, -0.2) is 15.9 Å². The summed E-state index contributed by atoms with van der Waals surface area (Å²) in [5.41, 5.74) is 5.01. The molecule has 0 atom stereocenters. The highest BCUT2D eigenvalue weighted by molar-refractivity contribution is 6.14. The number of carbonyl (C=O) groups excluding carboxylic acids is 1. The molecule has 0 fully saturated rings. The first kappa shape index (κ1) is 16.9. The van der Waals surface area contributed by atoms with Gasteiger partial charge in [-0.2, -0.15) is 0 Å². The molecule has 0 saturated heterocycles. The third-order valence-corrected chi connectivity index (χ3v) is 4.65. The van der Waals surface area contributed by atoms with Gasteiger partial charge in [0.15, 0.2) is 0 Å². The SMILES string of the molecule is Cc1cccnc1NC(=O)c1c(C)c(-c2ccccc2)nc2ccccc12. The van der Waals surface area contributed by atoms with Crippen LogP contribution in [0.15, 0.2) is 72.9 Å². The first-order valence-corrected chi connectivity index (χ1v) is 8.83. The number of anilines is 1. The van der Waals surface area contributed by atoms with E-state index in [0.717, 1.165) is 33.3 Å². The van der Waals surface area contributed by atoms with E-state index in [-0.39, 0.29) is 5.91 Å². The molecule has 4 nitrogen and oxygen atoms in total. The van der Waals surface area contributed by atoms with E-state index in [1.165, 1.54) is 0 Å². The number of aromatic nitrogens is 2. The molecule has 4 rings (SSSR count). The number of carbonyl (C=O) groups is 1. The van der Waals surface area contributed by atoms with Crippen molar-refractivity contribution in [2.45, 2.75) is 13.8 Å². The summed E-state index contributed by atoms with van der Waals surface area (Å²) in [5, 5.41) is 3.79. The zero-order valence-corrected chi connectivity index (χ0v) is 15.2. The number of fused-ring (bicyclic) bond motifs is 1. The summed E-state index contributed by atoms with van der Waals surface area (Å²) in [6, 6.07) is 21.4. The number of nitrogens with one attached hydrogen (secondary N) is 1. The second kappa shape index (κ2) is 7.00. The maximum atomic E-state index is 13.2. The topological polar surface area (TPSA) is 54.9 Å². The monoisotopic (exact) mass is 353 g/mol. The van der Waals surface area contributed by atoms with Gasteiger partial charge in [0, 0.05) is 17.1 Å². The lowest BCUT2D eigenvalue weighted by molar-refractivity contribution is 0.102. The highest BCUT2D eigenvalue weighted by Gasteiger charge is 2.19. The van der Waals surface area contributed by atoms with E-state index < -0.39 is 0 Å². The number of hydrogen-bond acceptors (Lipinski definition) is 3. The molecule has 0 aliphatic rings. The predicted octanol–water partition coefficient (Wildman–Crippen LogP) is 5.17. The van der Waals surface area contributed by atoms with Gasteiger partial charge >= 0.3 is 0 Å². The molecule has 1 amide bonds.